The maximum Gasteiger partial charge on any atom is 0.414 e. The Labute approximate surface area is 215 Å². The molecule has 1 aliphatic carbocycles. The molecule has 1 atom stereocenters. The molecule has 37 heavy (non-hydrogen) atoms. The van der Waals surface area contributed by atoms with Gasteiger partial charge in [-0.05, 0) is 75.3 Å². The van der Waals surface area contributed by atoms with Crippen LogP contribution >= 0.6 is 0 Å². The molecule has 2 aromatic carbocycles. The summed E-state index contributed by atoms with van der Waals surface area (Å²) in [5, 5.41) is 9.49. The molecule has 2 heterocycles. The van der Waals surface area contributed by atoms with Gasteiger partial charge in [-0.1, -0.05) is 0 Å². The van der Waals surface area contributed by atoms with Crippen molar-refractivity contribution in [1.82, 2.24) is 9.55 Å². The summed E-state index contributed by atoms with van der Waals surface area (Å²) < 4.78 is 26.8. The number of imidazole rings is 1. The van der Waals surface area contributed by atoms with Crippen molar-refractivity contribution in [3.8, 4) is 5.75 Å². The Morgan fingerprint density at radius 1 is 1.11 bits per heavy atom. The van der Waals surface area contributed by atoms with Gasteiger partial charge in [0.25, 0.3) is 0 Å². The van der Waals surface area contributed by atoms with Crippen LogP contribution in [0, 0.1) is 11.7 Å². The van der Waals surface area contributed by atoms with Gasteiger partial charge in [-0.25, -0.2) is 14.2 Å². The minimum atomic E-state index is -0.743. The first-order valence-electron chi connectivity index (χ1n) is 12.8. The van der Waals surface area contributed by atoms with E-state index in [1.807, 2.05) is 25.1 Å². The van der Waals surface area contributed by atoms with Crippen molar-refractivity contribution in [3.05, 3.63) is 53.1 Å². The van der Waals surface area contributed by atoms with E-state index < -0.39 is 12.1 Å². The summed E-state index contributed by atoms with van der Waals surface area (Å²) in [6.07, 6.45) is 4.22. The van der Waals surface area contributed by atoms with Crippen LogP contribution in [0.25, 0.3) is 11.0 Å². The molecule has 1 amide bonds. The first-order valence-corrected chi connectivity index (χ1v) is 12.8. The summed E-state index contributed by atoms with van der Waals surface area (Å²) in [7, 11) is 2.89. The van der Waals surface area contributed by atoms with E-state index in [9.17, 15) is 19.1 Å². The van der Waals surface area contributed by atoms with Crippen molar-refractivity contribution in [1.29, 1.82) is 0 Å². The predicted molar refractivity (Wildman–Crippen MR) is 137 cm³/mol. The Balaban J connectivity index is 1.62. The molecule has 0 bridgehead atoms. The van der Waals surface area contributed by atoms with Crippen molar-refractivity contribution in [2.24, 2.45) is 5.92 Å². The first-order chi connectivity index (χ1) is 17.8. The number of benzene rings is 2. The quantitative estimate of drug-likeness (QED) is 0.488. The maximum absolute atomic E-state index is 14.3. The molecule has 2 aliphatic rings. The lowest BCUT2D eigenvalue weighted by molar-refractivity contribution is -0.143. The van der Waals surface area contributed by atoms with Gasteiger partial charge in [0, 0.05) is 30.1 Å². The van der Waals surface area contributed by atoms with Crippen LogP contribution in [-0.4, -0.2) is 47.0 Å². The molecule has 8 nitrogen and oxygen atoms in total. The normalized spacial score (nSPS) is 21.5. The fraction of sp³-hybridized carbons (Fsp3) is 0.464. The van der Waals surface area contributed by atoms with Gasteiger partial charge in [-0.2, -0.15) is 0 Å². The van der Waals surface area contributed by atoms with Gasteiger partial charge in [0.05, 0.1) is 36.9 Å². The number of nitrogens with zero attached hydrogens (tertiary/aromatic N) is 3. The predicted octanol–water partition coefficient (Wildman–Crippen LogP) is 5.50. The summed E-state index contributed by atoms with van der Waals surface area (Å²) >= 11 is 0. The highest BCUT2D eigenvalue weighted by Crippen LogP contribution is 2.40. The molecule has 0 spiro atoms. The Bertz CT molecular complexity index is 1350. The van der Waals surface area contributed by atoms with Gasteiger partial charge < -0.3 is 19.1 Å². The number of hydrogen-bond acceptors (Lipinski definition) is 5. The van der Waals surface area contributed by atoms with E-state index in [1.165, 1.54) is 26.4 Å². The monoisotopic (exact) mass is 509 g/mol. The number of carbonyl (C=O) groups excluding carboxylic acids is 1. The molecule has 1 aliphatic heterocycles. The lowest BCUT2D eigenvalue weighted by Gasteiger charge is -2.34. The number of carboxylic acid groups (broad SMARTS) is 1. The fourth-order valence-corrected chi connectivity index (χ4v) is 5.96. The summed E-state index contributed by atoms with van der Waals surface area (Å²) in [6.45, 7) is 2.01. The highest BCUT2D eigenvalue weighted by atomic mass is 19.1. The summed E-state index contributed by atoms with van der Waals surface area (Å²) in [5.74, 6) is -0.214. The van der Waals surface area contributed by atoms with Gasteiger partial charge in [0.1, 0.15) is 17.4 Å². The smallest absolute Gasteiger partial charge is 0.414 e. The number of carbonyl (C=O) groups is 2. The van der Waals surface area contributed by atoms with E-state index in [0.29, 0.717) is 25.0 Å². The Hall–Kier alpha value is -3.62. The standard InChI is InChI=1S/C28H32FN3O5/c1-16-4-9-22-23(31(16)28(35)37-3)10-11-24-26(22)30-25(14-17-12-19(29)15-21(13-17)36-2)32(24)20-7-5-18(6-8-20)27(33)34/h10-13,15-16,18,20H,4-9,14H2,1-3H3,(H,33,34)/t16-,18?,20?/m0/s1. The van der Waals surface area contributed by atoms with E-state index in [1.54, 1.807) is 4.90 Å². The zero-order chi connectivity index (χ0) is 26.3. The van der Waals surface area contributed by atoms with Crippen molar-refractivity contribution in [2.75, 3.05) is 19.1 Å². The maximum atomic E-state index is 14.3. The molecule has 0 saturated heterocycles. The van der Waals surface area contributed by atoms with Crippen LogP contribution in [-0.2, 0) is 22.4 Å². The summed E-state index contributed by atoms with van der Waals surface area (Å²) in [5.41, 5.74) is 4.33. The number of anilines is 1. The second-order valence-corrected chi connectivity index (χ2v) is 10.1. The van der Waals surface area contributed by atoms with Crippen molar-refractivity contribution < 1.29 is 28.6 Å². The number of fused-ring (bicyclic) bond motifs is 3. The third-order valence-corrected chi connectivity index (χ3v) is 7.84. The second-order valence-electron chi connectivity index (χ2n) is 10.1. The number of ether oxygens (including phenoxy) is 2. The van der Waals surface area contributed by atoms with Crippen LogP contribution in [0.3, 0.4) is 0 Å². The number of halogens is 1. The van der Waals surface area contributed by atoms with Crippen LogP contribution in [0.5, 0.6) is 5.75 Å². The summed E-state index contributed by atoms with van der Waals surface area (Å²) in [6, 6.07) is 8.69. The van der Waals surface area contributed by atoms with Crippen molar-refractivity contribution in [2.45, 2.75) is 64.0 Å². The van der Waals surface area contributed by atoms with Crippen molar-refractivity contribution in [3.63, 3.8) is 0 Å². The highest BCUT2D eigenvalue weighted by molar-refractivity contribution is 5.95. The van der Waals surface area contributed by atoms with Gasteiger partial charge in [0.15, 0.2) is 0 Å². The molecule has 3 aromatic rings. The average molecular weight is 510 g/mol. The van der Waals surface area contributed by atoms with Crippen LogP contribution < -0.4 is 9.64 Å². The summed E-state index contributed by atoms with van der Waals surface area (Å²) in [4.78, 5) is 30.9. The number of methoxy groups -OCH3 is 2. The Morgan fingerprint density at radius 3 is 2.54 bits per heavy atom. The van der Waals surface area contributed by atoms with E-state index in [2.05, 4.69) is 4.57 Å². The Morgan fingerprint density at radius 2 is 1.86 bits per heavy atom. The highest BCUT2D eigenvalue weighted by Gasteiger charge is 2.33. The first kappa shape index (κ1) is 25.0. The van der Waals surface area contributed by atoms with Gasteiger partial charge in [-0.3, -0.25) is 9.69 Å². The lowest BCUT2D eigenvalue weighted by Crippen LogP contribution is -2.42. The number of rotatable bonds is 5. The third-order valence-electron chi connectivity index (χ3n) is 7.84. The lowest BCUT2D eigenvalue weighted by atomic mass is 9.85. The van der Waals surface area contributed by atoms with E-state index in [4.69, 9.17) is 14.5 Å². The van der Waals surface area contributed by atoms with Gasteiger partial charge in [-0.15, -0.1) is 0 Å². The molecule has 1 N–H and O–H groups in total. The zero-order valence-corrected chi connectivity index (χ0v) is 21.4. The van der Waals surface area contributed by atoms with Gasteiger partial charge in [0.2, 0.25) is 0 Å². The molecule has 0 unspecified atom stereocenters. The molecule has 1 aromatic heterocycles. The molecule has 196 valence electrons. The number of carboxylic acids is 1. The molecule has 5 rings (SSSR count). The van der Waals surface area contributed by atoms with Gasteiger partial charge >= 0.3 is 12.1 Å². The largest absolute Gasteiger partial charge is 0.497 e. The minimum Gasteiger partial charge on any atom is -0.497 e. The second kappa shape index (κ2) is 10.0. The van der Waals surface area contributed by atoms with Crippen molar-refractivity contribution >= 4 is 28.8 Å². The molecule has 0 radical (unpaired) electrons. The molecular formula is C28H32FN3O5. The number of amides is 1. The topological polar surface area (TPSA) is 93.9 Å². The van der Waals surface area contributed by atoms with Crippen LogP contribution in [0.1, 0.15) is 62.0 Å². The molecular weight excluding hydrogens is 477 g/mol. The van der Waals surface area contributed by atoms with E-state index >= 15 is 0 Å². The molecule has 1 fully saturated rings. The van der Waals surface area contributed by atoms with Crippen LogP contribution in [0.2, 0.25) is 0 Å². The fourth-order valence-electron chi connectivity index (χ4n) is 5.96. The molecule has 9 heteroatoms. The third kappa shape index (κ3) is 4.63. The average Bonchev–Trinajstić information content (AvgIpc) is 3.25. The number of aromatic nitrogens is 2. The van der Waals surface area contributed by atoms with E-state index in [-0.39, 0.29) is 23.8 Å². The van der Waals surface area contributed by atoms with Crippen LogP contribution in [0.15, 0.2) is 30.3 Å². The van der Waals surface area contributed by atoms with Crippen LogP contribution in [0.4, 0.5) is 14.9 Å². The Kier molecular flexibility index (Phi) is 6.79. The number of hydrogen-bond donors (Lipinski definition) is 1. The zero-order valence-electron chi connectivity index (χ0n) is 21.4. The minimum absolute atomic E-state index is 0.00464. The molecule has 1 saturated carbocycles. The van der Waals surface area contributed by atoms with E-state index in [0.717, 1.165) is 59.4 Å². The SMILES string of the molecule is COC(=O)N1c2ccc3c(nc(Cc4cc(F)cc(OC)c4)n3C3CCC(C(=O)O)CC3)c2CC[C@@H]1C. The number of aryl methyl sites for hydroxylation is 1. The number of aliphatic carboxylic acids is 1.